The number of anilines is 1. The molecule has 4 nitrogen and oxygen atoms in total. The Bertz CT molecular complexity index is 833. The molecule has 0 aliphatic heterocycles. The molecule has 2 aromatic carbocycles. The second-order valence-corrected chi connectivity index (χ2v) is 5.63. The van der Waals surface area contributed by atoms with Crippen LogP contribution in [0.1, 0.15) is 10.4 Å². The van der Waals surface area contributed by atoms with Gasteiger partial charge >= 0.3 is 0 Å². The van der Waals surface area contributed by atoms with Crippen molar-refractivity contribution in [1.29, 1.82) is 0 Å². The number of carbonyl (C=O) groups excluding carboxylic acids is 1. The molecule has 0 spiro atoms. The number of carbonyl (C=O) groups is 1. The number of nitrogens with zero attached hydrogens (tertiary/aromatic N) is 2. The van der Waals surface area contributed by atoms with Crippen molar-refractivity contribution in [3.05, 3.63) is 63.9 Å². The van der Waals surface area contributed by atoms with Crippen molar-refractivity contribution in [1.82, 2.24) is 9.97 Å². The summed E-state index contributed by atoms with van der Waals surface area (Å²) in [6.45, 7) is 0. The zero-order chi connectivity index (χ0) is 14.8. The number of amides is 1. The van der Waals surface area contributed by atoms with Gasteiger partial charge in [-0.3, -0.25) is 14.8 Å². The van der Waals surface area contributed by atoms with E-state index < -0.39 is 0 Å². The molecule has 3 aromatic rings. The summed E-state index contributed by atoms with van der Waals surface area (Å²) in [5, 5.41) is 3.26. The highest BCUT2D eigenvalue weighted by molar-refractivity contribution is 9.10. The van der Waals surface area contributed by atoms with Crippen LogP contribution in [-0.2, 0) is 0 Å². The molecule has 1 heterocycles. The molecular weight excluding hydrogens is 354 g/mol. The van der Waals surface area contributed by atoms with E-state index in [-0.39, 0.29) is 5.91 Å². The van der Waals surface area contributed by atoms with Crippen molar-refractivity contribution in [3.8, 4) is 0 Å². The number of para-hydroxylation sites is 1. The molecule has 104 valence electrons. The Hall–Kier alpha value is -1.98. The number of halogens is 2. The van der Waals surface area contributed by atoms with E-state index in [4.69, 9.17) is 11.6 Å². The zero-order valence-electron chi connectivity index (χ0n) is 10.7. The average molecular weight is 363 g/mol. The fourth-order valence-electron chi connectivity index (χ4n) is 1.96. The zero-order valence-corrected chi connectivity index (χ0v) is 13.0. The minimum absolute atomic E-state index is 0.277. The molecule has 0 saturated heterocycles. The lowest BCUT2D eigenvalue weighted by molar-refractivity contribution is 0.102. The molecule has 1 aromatic heterocycles. The van der Waals surface area contributed by atoms with Gasteiger partial charge in [-0.1, -0.05) is 33.6 Å². The molecule has 21 heavy (non-hydrogen) atoms. The number of hydrogen-bond donors (Lipinski definition) is 1. The molecule has 0 unspecified atom stereocenters. The van der Waals surface area contributed by atoms with Crippen molar-refractivity contribution in [2.75, 3.05) is 5.32 Å². The Morgan fingerprint density at radius 1 is 1.14 bits per heavy atom. The van der Waals surface area contributed by atoms with Crippen LogP contribution < -0.4 is 5.32 Å². The Morgan fingerprint density at radius 2 is 1.95 bits per heavy atom. The lowest BCUT2D eigenvalue weighted by atomic mass is 10.1. The lowest BCUT2D eigenvalue weighted by Gasteiger charge is -2.09. The molecule has 0 aliphatic rings. The SMILES string of the molecule is O=C(Nc1cc(Br)ccc1Cl)c1cccc2nccnc12. The first-order valence-corrected chi connectivity index (χ1v) is 7.28. The molecule has 1 amide bonds. The smallest absolute Gasteiger partial charge is 0.257 e. The van der Waals surface area contributed by atoms with Gasteiger partial charge in [-0.05, 0) is 30.3 Å². The summed E-state index contributed by atoms with van der Waals surface area (Å²) < 4.78 is 0.833. The number of nitrogens with one attached hydrogen (secondary N) is 1. The highest BCUT2D eigenvalue weighted by atomic mass is 79.9. The first-order valence-electron chi connectivity index (χ1n) is 6.11. The molecular formula is C15H9BrClN3O. The van der Waals surface area contributed by atoms with Crippen molar-refractivity contribution in [2.45, 2.75) is 0 Å². The first kappa shape index (κ1) is 14.0. The topological polar surface area (TPSA) is 54.9 Å². The highest BCUT2D eigenvalue weighted by Crippen LogP contribution is 2.26. The maximum Gasteiger partial charge on any atom is 0.257 e. The van der Waals surface area contributed by atoms with Gasteiger partial charge in [0, 0.05) is 16.9 Å². The third-order valence-electron chi connectivity index (χ3n) is 2.92. The molecule has 0 atom stereocenters. The lowest BCUT2D eigenvalue weighted by Crippen LogP contribution is -2.13. The van der Waals surface area contributed by atoms with Crippen LogP contribution in [0.2, 0.25) is 5.02 Å². The van der Waals surface area contributed by atoms with Crippen molar-refractivity contribution < 1.29 is 4.79 Å². The van der Waals surface area contributed by atoms with Crippen LogP contribution >= 0.6 is 27.5 Å². The fourth-order valence-corrected chi connectivity index (χ4v) is 2.48. The van der Waals surface area contributed by atoms with Crippen LogP contribution in [0.3, 0.4) is 0 Å². The number of fused-ring (bicyclic) bond motifs is 1. The quantitative estimate of drug-likeness (QED) is 0.739. The molecule has 0 saturated carbocycles. The number of rotatable bonds is 2. The summed E-state index contributed by atoms with van der Waals surface area (Å²) in [4.78, 5) is 20.8. The van der Waals surface area contributed by atoms with Crippen LogP contribution in [0.4, 0.5) is 5.69 Å². The third kappa shape index (κ3) is 2.89. The molecule has 0 radical (unpaired) electrons. The van der Waals surface area contributed by atoms with Crippen LogP contribution in [0.5, 0.6) is 0 Å². The minimum atomic E-state index is -0.277. The van der Waals surface area contributed by atoms with Gasteiger partial charge in [0.15, 0.2) is 0 Å². The molecule has 0 aliphatic carbocycles. The van der Waals surface area contributed by atoms with Gasteiger partial charge in [-0.2, -0.15) is 0 Å². The number of aromatic nitrogens is 2. The Kier molecular flexibility index (Phi) is 3.86. The maximum atomic E-state index is 12.4. The van der Waals surface area contributed by atoms with Crippen LogP contribution in [0.15, 0.2) is 53.3 Å². The maximum absolute atomic E-state index is 12.4. The van der Waals surface area contributed by atoms with Crippen LogP contribution in [0.25, 0.3) is 11.0 Å². The van der Waals surface area contributed by atoms with Gasteiger partial charge in [-0.25, -0.2) is 0 Å². The van der Waals surface area contributed by atoms with E-state index in [0.29, 0.717) is 27.3 Å². The monoisotopic (exact) mass is 361 g/mol. The van der Waals surface area contributed by atoms with Crippen molar-refractivity contribution >= 4 is 50.2 Å². The Labute approximate surface area is 134 Å². The fraction of sp³-hybridized carbons (Fsp3) is 0. The molecule has 0 fully saturated rings. The van der Waals surface area contributed by atoms with Crippen LogP contribution in [-0.4, -0.2) is 15.9 Å². The summed E-state index contributed by atoms with van der Waals surface area (Å²) in [7, 11) is 0. The molecule has 3 rings (SSSR count). The second-order valence-electron chi connectivity index (χ2n) is 4.31. The summed E-state index contributed by atoms with van der Waals surface area (Å²) in [6.07, 6.45) is 3.15. The average Bonchev–Trinajstić information content (AvgIpc) is 2.50. The van der Waals surface area contributed by atoms with Gasteiger partial charge in [0.05, 0.1) is 21.8 Å². The first-order chi connectivity index (χ1) is 10.1. The van der Waals surface area contributed by atoms with E-state index in [1.54, 1.807) is 42.7 Å². The van der Waals surface area contributed by atoms with E-state index in [1.807, 2.05) is 6.07 Å². The predicted octanol–water partition coefficient (Wildman–Crippen LogP) is 4.30. The largest absolute Gasteiger partial charge is 0.321 e. The van der Waals surface area contributed by atoms with E-state index in [2.05, 4.69) is 31.2 Å². The normalized spacial score (nSPS) is 10.6. The Balaban J connectivity index is 1.99. The van der Waals surface area contributed by atoms with Gasteiger partial charge in [-0.15, -0.1) is 0 Å². The third-order valence-corrected chi connectivity index (χ3v) is 3.74. The molecule has 1 N–H and O–H groups in total. The van der Waals surface area contributed by atoms with Gasteiger partial charge in [0.1, 0.15) is 5.52 Å². The predicted molar refractivity (Wildman–Crippen MR) is 86.6 cm³/mol. The van der Waals surface area contributed by atoms with E-state index in [1.165, 1.54) is 0 Å². The van der Waals surface area contributed by atoms with Crippen molar-refractivity contribution in [3.63, 3.8) is 0 Å². The summed E-state index contributed by atoms with van der Waals surface area (Å²) in [5.74, 6) is -0.277. The van der Waals surface area contributed by atoms with Crippen LogP contribution in [0, 0.1) is 0 Å². The van der Waals surface area contributed by atoms with E-state index >= 15 is 0 Å². The van der Waals surface area contributed by atoms with Gasteiger partial charge < -0.3 is 5.32 Å². The standard InChI is InChI=1S/C15H9BrClN3O/c16-9-4-5-11(17)13(8-9)20-15(21)10-2-1-3-12-14(10)19-7-6-18-12/h1-8H,(H,20,21). The highest BCUT2D eigenvalue weighted by Gasteiger charge is 2.13. The summed E-state index contributed by atoms with van der Waals surface area (Å²) >= 11 is 9.43. The van der Waals surface area contributed by atoms with E-state index in [0.717, 1.165) is 4.47 Å². The molecule has 0 bridgehead atoms. The van der Waals surface area contributed by atoms with Gasteiger partial charge in [0.2, 0.25) is 0 Å². The van der Waals surface area contributed by atoms with E-state index in [9.17, 15) is 4.79 Å². The number of benzene rings is 2. The second kappa shape index (κ2) is 5.79. The summed E-state index contributed by atoms with van der Waals surface area (Å²) in [6, 6.07) is 10.6. The number of hydrogen-bond acceptors (Lipinski definition) is 3. The van der Waals surface area contributed by atoms with Gasteiger partial charge in [0.25, 0.3) is 5.91 Å². The summed E-state index contributed by atoms with van der Waals surface area (Å²) in [5.41, 5.74) is 2.22. The molecule has 6 heteroatoms. The van der Waals surface area contributed by atoms with Crippen molar-refractivity contribution in [2.24, 2.45) is 0 Å². The minimum Gasteiger partial charge on any atom is -0.321 e. The Morgan fingerprint density at radius 3 is 2.81 bits per heavy atom.